The molecule has 1 saturated heterocycles. The van der Waals surface area contributed by atoms with Gasteiger partial charge in [0.25, 0.3) is 5.91 Å². The number of aliphatic carboxylic acids is 1. The van der Waals surface area contributed by atoms with Gasteiger partial charge in [-0.2, -0.15) is 0 Å². The first-order valence-corrected chi connectivity index (χ1v) is 7.99. The summed E-state index contributed by atoms with van der Waals surface area (Å²) in [6, 6.07) is 9.40. The normalized spacial score (nSPS) is 16.0. The zero-order valence-corrected chi connectivity index (χ0v) is 13.7. The third kappa shape index (κ3) is 4.90. The minimum Gasteiger partial charge on any atom is -0.480 e. The fourth-order valence-electron chi connectivity index (χ4n) is 1.87. The first kappa shape index (κ1) is 17.2. The van der Waals surface area contributed by atoms with E-state index in [0.29, 0.717) is 9.23 Å². The molecule has 2 rings (SSSR count). The van der Waals surface area contributed by atoms with Gasteiger partial charge in [0.15, 0.2) is 0 Å². The van der Waals surface area contributed by atoms with Gasteiger partial charge < -0.3 is 10.4 Å². The van der Waals surface area contributed by atoms with E-state index in [2.05, 4.69) is 5.32 Å². The molecule has 8 heteroatoms. The molecule has 1 aromatic rings. The number of amides is 2. The highest BCUT2D eigenvalue weighted by molar-refractivity contribution is 8.26. The van der Waals surface area contributed by atoms with Gasteiger partial charge in [-0.15, -0.1) is 0 Å². The third-order valence-corrected chi connectivity index (χ3v) is 4.35. The van der Waals surface area contributed by atoms with Crippen LogP contribution in [0.2, 0.25) is 0 Å². The van der Waals surface area contributed by atoms with Crippen molar-refractivity contribution in [3.05, 3.63) is 40.8 Å². The van der Waals surface area contributed by atoms with Gasteiger partial charge >= 0.3 is 5.97 Å². The number of rotatable bonds is 6. The third-order valence-electron chi connectivity index (χ3n) is 2.97. The van der Waals surface area contributed by atoms with Crippen molar-refractivity contribution in [3.63, 3.8) is 0 Å². The summed E-state index contributed by atoms with van der Waals surface area (Å²) in [4.78, 5) is 36.1. The predicted octanol–water partition coefficient (Wildman–Crippen LogP) is 1.48. The van der Waals surface area contributed by atoms with Crippen molar-refractivity contribution >= 4 is 52.2 Å². The van der Waals surface area contributed by atoms with Crippen molar-refractivity contribution in [1.82, 2.24) is 10.2 Å². The number of carbonyl (C=O) groups is 3. The lowest BCUT2D eigenvalue weighted by Crippen LogP contribution is -2.35. The molecule has 1 aliphatic rings. The summed E-state index contributed by atoms with van der Waals surface area (Å²) in [5, 5.41) is 10.7. The molecule has 1 aromatic carbocycles. The number of nitrogens with one attached hydrogen (secondary N) is 1. The van der Waals surface area contributed by atoms with Crippen molar-refractivity contribution in [2.45, 2.75) is 6.42 Å². The minimum absolute atomic E-state index is 0.00165. The van der Waals surface area contributed by atoms with Gasteiger partial charge in [-0.1, -0.05) is 54.3 Å². The average Bonchev–Trinajstić information content (AvgIpc) is 2.78. The monoisotopic (exact) mass is 350 g/mol. The fourth-order valence-corrected chi connectivity index (χ4v) is 3.18. The zero-order valence-electron chi connectivity index (χ0n) is 12.0. The Morgan fingerprint density at radius 2 is 2.00 bits per heavy atom. The highest BCUT2D eigenvalue weighted by Crippen LogP contribution is 2.32. The van der Waals surface area contributed by atoms with Crippen LogP contribution in [-0.2, 0) is 14.4 Å². The van der Waals surface area contributed by atoms with E-state index < -0.39 is 18.4 Å². The van der Waals surface area contributed by atoms with Crippen LogP contribution in [0.1, 0.15) is 12.0 Å². The van der Waals surface area contributed by atoms with E-state index in [-0.39, 0.29) is 18.9 Å². The van der Waals surface area contributed by atoms with Crippen molar-refractivity contribution in [2.75, 3.05) is 13.1 Å². The smallest absolute Gasteiger partial charge is 0.322 e. The first-order chi connectivity index (χ1) is 11.0. The van der Waals surface area contributed by atoms with Crippen LogP contribution in [0.5, 0.6) is 0 Å². The summed E-state index contributed by atoms with van der Waals surface area (Å²) in [6.07, 6.45) is 1.75. The van der Waals surface area contributed by atoms with Crippen molar-refractivity contribution in [3.8, 4) is 0 Å². The number of carboxylic acids is 1. The Balaban J connectivity index is 1.95. The molecular formula is C15H14N2O4S2. The SMILES string of the molecule is O=C(O)CNC(=O)CCN1C(=O)/C(=C/c2ccccc2)SC1=S. The maximum Gasteiger partial charge on any atom is 0.322 e. The maximum absolute atomic E-state index is 12.3. The fraction of sp³-hybridized carbons (Fsp3) is 0.200. The molecule has 0 saturated carbocycles. The molecule has 0 unspecified atom stereocenters. The van der Waals surface area contributed by atoms with E-state index in [1.807, 2.05) is 30.3 Å². The standard InChI is InChI=1S/C15H14N2O4S2/c18-12(16-9-13(19)20)6-7-17-14(21)11(23-15(17)22)8-10-4-2-1-3-5-10/h1-5,8H,6-7,9H2,(H,16,18)(H,19,20)/b11-8-. The van der Waals surface area contributed by atoms with Crippen LogP contribution >= 0.6 is 24.0 Å². The van der Waals surface area contributed by atoms with E-state index in [1.165, 1.54) is 16.7 Å². The lowest BCUT2D eigenvalue weighted by Gasteiger charge is -2.13. The first-order valence-electron chi connectivity index (χ1n) is 6.76. The second-order valence-corrected chi connectivity index (χ2v) is 6.34. The zero-order chi connectivity index (χ0) is 16.8. The van der Waals surface area contributed by atoms with Crippen LogP contribution in [-0.4, -0.2) is 45.2 Å². The summed E-state index contributed by atoms with van der Waals surface area (Å²) < 4.78 is 0.392. The Bertz CT molecular complexity index is 673. The Labute approximate surface area is 142 Å². The molecule has 0 radical (unpaired) electrons. The highest BCUT2D eigenvalue weighted by Gasteiger charge is 2.31. The average molecular weight is 350 g/mol. The predicted molar refractivity (Wildman–Crippen MR) is 91.6 cm³/mol. The molecule has 1 heterocycles. The molecule has 0 aromatic heterocycles. The summed E-state index contributed by atoms with van der Waals surface area (Å²) in [5.41, 5.74) is 0.896. The quantitative estimate of drug-likeness (QED) is 0.597. The van der Waals surface area contributed by atoms with Gasteiger partial charge in [0.05, 0.1) is 4.91 Å². The van der Waals surface area contributed by atoms with Gasteiger partial charge in [-0.3, -0.25) is 19.3 Å². The molecule has 0 aliphatic carbocycles. The van der Waals surface area contributed by atoms with Gasteiger partial charge in [-0.05, 0) is 11.6 Å². The topological polar surface area (TPSA) is 86.7 Å². The largest absolute Gasteiger partial charge is 0.480 e. The molecule has 0 spiro atoms. The van der Waals surface area contributed by atoms with E-state index in [1.54, 1.807) is 6.08 Å². The van der Waals surface area contributed by atoms with Crippen LogP contribution in [0.4, 0.5) is 0 Å². The van der Waals surface area contributed by atoms with Crippen LogP contribution in [0.25, 0.3) is 6.08 Å². The molecule has 0 atom stereocenters. The van der Waals surface area contributed by atoms with Gasteiger partial charge in [0.1, 0.15) is 10.9 Å². The number of carboxylic acid groups (broad SMARTS) is 1. The van der Waals surface area contributed by atoms with E-state index >= 15 is 0 Å². The molecule has 2 N–H and O–H groups in total. The van der Waals surface area contributed by atoms with Crippen LogP contribution in [0.15, 0.2) is 35.2 Å². The van der Waals surface area contributed by atoms with E-state index in [9.17, 15) is 14.4 Å². The number of nitrogens with zero attached hydrogens (tertiary/aromatic N) is 1. The van der Waals surface area contributed by atoms with Crippen molar-refractivity contribution in [2.24, 2.45) is 0 Å². The Kier molecular flexibility index (Phi) is 5.89. The van der Waals surface area contributed by atoms with Crippen LogP contribution in [0.3, 0.4) is 0 Å². The molecule has 1 fully saturated rings. The summed E-state index contributed by atoms with van der Waals surface area (Å²) in [7, 11) is 0. The lowest BCUT2D eigenvalue weighted by molar-refractivity contribution is -0.138. The van der Waals surface area contributed by atoms with Crippen LogP contribution in [0, 0.1) is 0 Å². The van der Waals surface area contributed by atoms with Gasteiger partial charge in [-0.25, -0.2) is 0 Å². The number of carbonyl (C=O) groups excluding carboxylic acids is 2. The molecule has 1 aliphatic heterocycles. The second-order valence-electron chi connectivity index (χ2n) is 4.66. The molecular weight excluding hydrogens is 336 g/mol. The Hall–Kier alpha value is -2.19. The molecule has 2 amide bonds. The number of benzene rings is 1. The second kappa shape index (κ2) is 7.89. The summed E-state index contributed by atoms with van der Waals surface area (Å²) in [6.45, 7) is -0.312. The molecule has 0 bridgehead atoms. The van der Waals surface area contributed by atoms with Crippen molar-refractivity contribution in [1.29, 1.82) is 0 Å². The Morgan fingerprint density at radius 3 is 2.65 bits per heavy atom. The van der Waals surface area contributed by atoms with Gasteiger partial charge in [0.2, 0.25) is 5.91 Å². The van der Waals surface area contributed by atoms with Crippen molar-refractivity contribution < 1.29 is 19.5 Å². The minimum atomic E-state index is -1.12. The lowest BCUT2D eigenvalue weighted by atomic mass is 10.2. The summed E-state index contributed by atoms with van der Waals surface area (Å²) in [5.74, 6) is -1.79. The molecule has 23 heavy (non-hydrogen) atoms. The number of thioether (sulfide) groups is 1. The van der Waals surface area contributed by atoms with E-state index in [0.717, 1.165) is 5.56 Å². The number of hydrogen-bond donors (Lipinski definition) is 2. The highest BCUT2D eigenvalue weighted by atomic mass is 32.2. The van der Waals surface area contributed by atoms with Gasteiger partial charge in [0, 0.05) is 13.0 Å². The Morgan fingerprint density at radius 1 is 1.30 bits per heavy atom. The maximum atomic E-state index is 12.3. The van der Waals surface area contributed by atoms with Crippen LogP contribution < -0.4 is 5.32 Å². The van der Waals surface area contributed by atoms with E-state index in [4.69, 9.17) is 17.3 Å². The summed E-state index contributed by atoms with van der Waals surface area (Å²) >= 11 is 6.36. The molecule has 6 nitrogen and oxygen atoms in total. The number of hydrogen-bond acceptors (Lipinski definition) is 5. The number of thiocarbonyl (C=S) groups is 1. The molecule has 120 valence electrons.